The third-order valence-electron chi connectivity index (χ3n) is 5.12. The Morgan fingerprint density at radius 1 is 1.03 bits per heavy atom. The Balaban J connectivity index is 1.51. The molecule has 166 valence electrons. The number of hydrogen-bond donors (Lipinski definition) is 2. The summed E-state index contributed by atoms with van der Waals surface area (Å²) < 4.78 is 5.91. The molecule has 0 aliphatic heterocycles. The number of para-hydroxylation sites is 1. The van der Waals surface area contributed by atoms with E-state index in [2.05, 4.69) is 15.3 Å². The molecule has 0 aliphatic carbocycles. The van der Waals surface area contributed by atoms with E-state index in [4.69, 9.17) is 4.74 Å². The van der Waals surface area contributed by atoms with Crippen molar-refractivity contribution >= 4 is 28.5 Å². The molecule has 6 nitrogen and oxygen atoms in total. The molecule has 2 N–H and O–H groups in total. The summed E-state index contributed by atoms with van der Waals surface area (Å²) in [5.74, 6) is 0.420. The summed E-state index contributed by atoms with van der Waals surface area (Å²) >= 11 is 0. The van der Waals surface area contributed by atoms with Gasteiger partial charge in [-0.2, -0.15) is 0 Å². The number of amides is 1. The van der Waals surface area contributed by atoms with Gasteiger partial charge in [0.1, 0.15) is 12.4 Å². The fraction of sp³-hybridized carbons (Fsp3) is 0.148. The highest BCUT2D eigenvalue weighted by molar-refractivity contribution is 6.24. The highest BCUT2D eigenvalue weighted by Gasteiger charge is 2.15. The number of aliphatic hydroxyl groups is 1. The molecule has 2 aromatic carbocycles. The number of nitrogens with one attached hydrogen (secondary N) is 1. The zero-order valence-electron chi connectivity index (χ0n) is 18.3. The van der Waals surface area contributed by atoms with Crippen LogP contribution in [0.25, 0.3) is 22.6 Å². The Bertz CT molecular complexity index is 1250. The maximum atomic E-state index is 12.9. The minimum Gasteiger partial charge on any atom is -0.487 e. The van der Waals surface area contributed by atoms with Crippen molar-refractivity contribution in [3.63, 3.8) is 0 Å². The number of ether oxygens (including phenoxy) is 1. The fourth-order valence-electron chi connectivity index (χ4n) is 3.33. The third-order valence-corrected chi connectivity index (χ3v) is 5.12. The summed E-state index contributed by atoms with van der Waals surface area (Å²) in [6.07, 6.45) is 5.15. The standard InChI is InChI=1S/C27H25N3O3/c1-19(17-31)29-27(32)25(16-20-12-14-28-15-13-20)21-7-10-24(11-8-21)33-18-23-9-6-22-4-2-3-5-26(22)30-23/h2-16,19,31H,17-18H2,1H3,(H,29,32). The largest absolute Gasteiger partial charge is 0.487 e. The van der Waals surface area contributed by atoms with E-state index < -0.39 is 0 Å². The van der Waals surface area contributed by atoms with Gasteiger partial charge in [-0.05, 0) is 60.5 Å². The number of hydrogen-bond acceptors (Lipinski definition) is 5. The quantitative estimate of drug-likeness (QED) is 0.401. The van der Waals surface area contributed by atoms with E-state index in [1.807, 2.05) is 72.8 Å². The summed E-state index contributed by atoms with van der Waals surface area (Å²) in [6.45, 7) is 1.96. The topological polar surface area (TPSA) is 84.3 Å². The number of pyridine rings is 2. The number of benzene rings is 2. The first-order chi connectivity index (χ1) is 16.1. The summed E-state index contributed by atoms with van der Waals surface area (Å²) in [6, 6.07) is 22.6. The number of carbonyl (C=O) groups excluding carboxylic acids is 1. The van der Waals surface area contributed by atoms with Crippen molar-refractivity contribution in [2.24, 2.45) is 0 Å². The van der Waals surface area contributed by atoms with Crippen LogP contribution in [0.15, 0.2) is 85.2 Å². The zero-order valence-corrected chi connectivity index (χ0v) is 18.3. The lowest BCUT2D eigenvalue weighted by atomic mass is 10.0. The Morgan fingerprint density at radius 2 is 1.79 bits per heavy atom. The number of aliphatic hydroxyl groups excluding tert-OH is 1. The second-order valence-corrected chi connectivity index (χ2v) is 7.70. The van der Waals surface area contributed by atoms with Crippen LogP contribution in [0.1, 0.15) is 23.7 Å². The second-order valence-electron chi connectivity index (χ2n) is 7.70. The molecule has 1 amide bonds. The van der Waals surface area contributed by atoms with Crippen LogP contribution in [0.5, 0.6) is 5.75 Å². The maximum absolute atomic E-state index is 12.9. The zero-order chi connectivity index (χ0) is 23.0. The molecular weight excluding hydrogens is 414 g/mol. The lowest BCUT2D eigenvalue weighted by Crippen LogP contribution is -2.35. The first kappa shape index (κ1) is 22.2. The first-order valence-electron chi connectivity index (χ1n) is 10.7. The van der Waals surface area contributed by atoms with Crippen molar-refractivity contribution in [2.75, 3.05) is 6.61 Å². The van der Waals surface area contributed by atoms with Crippen molar-refractivity contribution in [3.8, 4) is 5.75 Å². The third kappa shape index (κ3) is 5.81. The van der Waals surface area contributed by atoms with E-state index in [0.29, 0.717) is 17.9 Å². The van der Waals surface area contributed by atoms with Crippen molar-refractivity contribution < 1.29 is 14.6 Å². The molecule has 2 aromatic heterocycles. The smallest absolute Gasteiger partial charge is 0.252 e. The van der Waals surface area contributed by atoms with Crippen LogP contribution in [-0.4, -0.2) is 33.6 Å². The molecule has 33 heavy (non-hydrogen) atoms. The maximum Gasteiger partial charge on any atom is 0.252 e. The van der Waals surface area contributed by atoms with Crippen LogP contribution in [0.2, 0.25) is 0 Å². The Labute approximate surface area is 192 Å². The molecule has 0 saturated carbocycles. The van der Waals surface area contributed by atoms with E-state index in [1.54, 1.807) is 25.4 Å². The Kier molecular flexibility index (Phi) is 7.07. The summed E-state index contributed by atoms with van der Waals surface area (Å²) in [5.41, 5.74) is 3.86. The number of rotatable bonds is 8. The molecule has 4 aromatic rings. The fourth-order valence-corrected chi connectivity index (χ4v) is 3.33. The van der Waals surface area contributed by atoms with E-state index in [9.17, 15) is 9.90 Å². The average molecular weight is 440 g/mol. The molecule has 1 unspecified atom stereocenters. The highest BCUT2D eigenvalue weighted by Crippen LogP contribution is 2.23. The molecule has 4 rings (SSSR count). The van der Waals surface area contributed by atoms with Crippen LogP contribution in [-0.2, 0) is 11.4 Å². The van der Waals surface area contributed by atoms with Gasteiger partial charge in [0.05, 0.1) is 17.8 Å². The van der Waals surface area contributed by atoms with Gasteiger partial charge in [0.2, 0.25) is 0 Å². The summed E-state index contributed by atoms with van der Waals surface area (Å²) in [4.78, 5) is 21.5. The molecule has 0 spiro atoms. The summed E-state index contributed by atoms with van der Waals surface area (Å²) in [5, 5.41) is 13.2. The number of nitrogens with zero attached hydrogens (tertiary/aromatic N) is 2. The van der Waals surface area contributed by atoms with E-state index in [-0.39, 0.29) is 18.6 Å². The second kappa shape index (κ2) is 10.5. The van der Waals surface area contributed by atoms with E-state index >= 15 is 0 Å². The van der Waals surface area contributed by atoms with Gasteiger partial charge < -0.3 is 15.2 Å². The van der Waals surface area contributed by atoms with Gasteiger partial charge in [-0.15, -0.1) is 0 Å². The minimum absolute atomic E-state index is 0.135. The minimum atomic E-state index is -0.351. The van der Waals surface area contributed by atoms with Gasteiger partial charge in [-0.3, -0.25) is 9.78 Å². The van der Waals surface area contributed by atoms with Crippen LogP contribution in [0, 0.1) is 0 Å². The van der Waals surface area contributed by atoms with Crippen molar-refractivity contribution in [3.05, 3.63) is 102 Å². The highest BCUT2D eigenvalue weighted by atomic mass is 16.5. The van der Waals surface area contributed by atoms with Crippen LogP contribution in [0.4, 0.5) is 0 Å². The van der Waals surface area contributed by atoms with Gasteiger partial charge in [-0.25, -0.2) is 4.98 Å². The average Bonchev–Trinajstić information content (AvgIpc) is 2.86. The number of aromatic nitrogens is 2. The van der Waals surface area contributed by atoms with Crippen LogP contribution >= 0.6 is 0 Å². The molecular formula is C27H25N3O3. The Morgan fingerprint density at radius 3 is 2.55 bits per heavy atom. The lowest BCUT2D eigenvalue weighted by molar-refractivity contribution is -0.116. The van der Waals surface area contributed by atoms with Gasteiger partial charge in [0.25, 0.3) is 5.91 Å². The normalized spacial score (nSPS) is 12.4. The Hall–Kier alpha value is -4.03. The lowest BCUT2D eigenvalue weighted by Gasteiger charge is -2.14. The number of carbonyl (C=O) groups is 1. The first-order valence-corrected chi connectivity index (χ1v) is 10.7. The van der Waals surface area contributed by atoms with Gasteiger partial charge >= 0.3 is 0 Å². The molecule has 0 saturated heterocycles. The molecule has 1 atom stereocenters. The van der Waals surface area contributed by atoms with Gasteiger partial charge in [-0.1, -0.05) is 36.4 Å². The molecule has 0 bridgehead atoms. The molecule has 6 heteroatoms. The number of fused-ring (bicyclic) bond motifs is 1. The van der Waals surface area contributed by atoms with Crippen LogP contribution < -0.4 is 10.1 Å². The predicted octanol–water partition coefficient (Wildman–Crippen LogP) is 4.25. The molecule has 0 aliphatic rings. The van der Waals surface area contributed by atoms with Crippen molar-refractivity contribution in [1.29, 1.82) is 0 Å². The van der Waals surface area contributed by atoms with Gasteiger partial charge in [0, 0.05) is 29.4 Å². The molecule has 2 heterocycles. The van der Waals surface area contributed by atoms with Crippen molar-refractivity contribution in [2.45, 2.75) is 19.6 Å². The summed E-state index contributed by atoms with van der Waals surface area (Å²) in [7, 11) is 0. The molecule has 0 fully saturated rings. The van der Waals surface area contributed by atoms with E-state index in [0.717, 1.165) is 27.7 Å². The molecule has 0 radical (unpaired) electrons. The monoisotopic (exact) mass is 439 g/mol. The SMILES string of the molecule is CC(CO)NC(=O)C(=Cc1ccncc1)c1ccc(OCc2ccc3ccccc3n2)cc1. The van der Waals surface area contributed by atoms with Crippen molar-refractivity contribution in [1.82, 2.24) is 15.3 Å². The van der Waals surface area contributed by atoms with Gasteiger partial charge in [0.15, 0.2) is 0 Å². The predicted molar refractivity (Wildman–Crippen MR) is 129 cm³/mol. The van der Waals surface area contributed by atoms with E-state index in [1.165, 1.54) is 0 Å². The van der Waals surface area contributed by atoms with Crippen LogP contribution in [0.3, 0.4) is 0 Å².